The summed E-state index contributed by atoms with van der Waals surface area (Å²) in [5.41, 5.74) is -1.58. The van der Waals surface area contributed by atoms with Gasteiger partial charge in [-0.3, -0.25) is 0 Å². The van der Waals surface area contributed by atoms with Crippen LogP contribution < -0.4 is 0 Å². The molecule has 28 heavy (non-hydrogen) atoms. The molecule has 1 fully saturated rings. The number of esters is 1. The van der Waals surface area contributed by atoms with Gasteiger partial charge in [0.15, 0.2) is 6.29 Å². The zero-order chi connectivity index (χ0) is 20.8. The number of rotatable bonds is 4. The molecule has 2 aliphatic heterocycles. The number of methoxy groups -OCH3 is 1. The van der Waals surface area contributed by atoms with Crippen molar-refractivity contribution in [1.82, 2.24) is 0 Å². The Morgan fingerprint density at radius 2 is 1.86 bits per heavy atom. The van der Waals surface area contributed by atoms with E-state index >= 15 is 0 Å². The molecule has 0 spiro atoms. The third kappa shape index (κ3) is 3.33. The first-order valence-corrected chi connectivity index (χ1v) is 8.65. The average molecular weight is 404 g/mol. The Morgan fingerprint density at radius 3 is 2.46 bits per heavy atom. The van der Waals surface area contributed by atoms with Crippen LogP contribution in [0.25, 0.3) is 0 Å². The maximum absolute atomic E-state index is 12.0. The Balaban J connectivity index is 1.87. The van der Waals surface area contributed by atoms with Crippen molar-refractivity contribution in [1.29, 1.82) is 0 Å². The van der Waals surface area contributed by atoms with Crippen molar-refractivity contribution in [3.8, 4) is 0 Å². The Hall–Kier alpha value is -1.57. The van der Waals surface area contributed by atoms with E-state index in [0.717, 1.165) is 6.26 Å². The summed E-state index contributed by atoms with van der Waals surface area (Å²) >= 11 is 0. The Kier molecular flexibility index (Phi) is 5.81. The van der Waals surface area contributed by atoms with E-state index in [-0.39, 0.29) is 11.1 Å². The fourth-order valence-electron chi connectivity index (χ4n) is 3.60. The maximum Gasteiger partial charge on any atom is 0.341 e. The molecule has 9 atom stereocenters. The fourth-order valence-corrected chi connectivity index (χ4v) is 3.60. The molecule has 0 amide bonds. The largest absolute Gasteiger partial charge is 0.471 e. The number of carbonyl (C=O) groups excluding carboxylic acids is 1. The minimum Gasteiger partial charge on any atom is -0.471 e. The van der Waals surface area contributed by atoms with E-state index in [1.165, 1.54) is 20.1 Å². The van der Waals surface area contributed by atoms with Crippen LogP contribution in [0.5, 0.6) is 0 Å². The van der Waals surface area contributed by atoms with E-state index < -0.39 is 67.2 Å². The van der Waals surface area contributed by atoms with Crippen molar-refractivity contribution < 1.29 is 54.4 Å². The molecule has 0 saturated carbocycles. The lowest BCUT2D eigenvalue weighted by atomic mass is 9.83. The van der Waals surface area contributed by atoms with E-state index in [0.29, 0.717) is 0 Å². The van der Waals surface area contributed by atoms with Crippen LogP contribution >= 0.6 is 0 Å². The van der Waals surface area contributed by atoms with Gasteiger partial charge >= 0.3 is 5.97 Å². The van der Waals surface area contributed by atoms with Crippen molar-refractivity contribution >= 4 is 5.97 Å². The summed E-state index contributed by atoms with van der Waals surface area (Å²) in [6.45, 7) is 0.673. The summed E-state index contributed by atoms with van der Waals surface area (Å²) in [6, 6.07) is 0. The number of hydrogen-bond donors (Lipinski definition) is 6. The highest BCUT2D eigenvalue weighted by molar-refractivity contribution is 5.93. The first-order chi connectivity index (χ1) is 13.1. The Labute approximate surface area is 160 Å². The average Bonchev–Trinajstić information content (AvgIpc) is 2.91. The lowest BCUT2D eigenvalue weighted by Gasteiger charge is -2.43. The highest BCUT2D eigenvalue weighted by Gasteiger charge is 2.56. The molecule has 0 bridgehead atoms. The van der Waals surface area contributed by atoms with E-state index in [4.69, 9.17) is 14.2 Å². The quantitative estimate of drug-likeness (QED) is 0.262. The predicted molar refractivity (Wildman–Crippen MR) is 88.0 cm³/mol. The van der Waals surface area contributed by atoms with Crippen LogP contribution in [0.15, 0.2) is 23.5 Å². The second kappa shape index (κ2) is 7.69. The van der Waals surface area contributed by atoms with E-state index in [9.17, 15) is 35.4 Å². The zero-order valence-corrected chi connectivity index (χ0v) is 15.2. The molecule has 3 aliphatic rings. The normalized spacial score (nSPS) is 45.6. The maximum atomic E-state index is 12.0. The number of ether oxygens (including phenoxy) is 4. The van der Waals surface area contributed by atoms with Crippen LogP contribution in [0.4, 0.5) is 0 Å². The first-order valence-electron chi connectivity index (χ1n) is 8.65. The lowest BCUT2D eigenvalue weighted by molar-refractivity contribution is -0.343. The van der Waals surface area contributed by atoms with Crippen molar-refractivity contribution in [2.24, 2.45) is 5.92 Å². The van der Waals surface area contributed by atoms with Crippen molar-refractivity contribution in [3.05, 3.63) is 23.5 Å². The summed E-state index contributed by atoms with van der Waals surface area (Å²) in [7, 11) is 1.17. The molecule has 6 N–H and O–H groups in total. The van der Waals surface area contributed by atoms with Gasteiger partial charge < -0.3 is 49.6 Å². The number of hydrogen-bond acceptors (Lipinski definition) is 11. The summed E-state index contributed by atoms with van der Waals surface area (Å²) in [5, 5.41) is 60.1. The number of carbonyl (C=O) groups is 1. The molecule has 0 aromatic heterocycles. The van der Waals surface area contributed by atoms with Crippen LogP contribution in [0.1, 0.15) is 6.92 Å². The summed E-state index contributed by atoms with van der Waals surface area (Å²) < 4.78 is 20.9. The molecule has 9 unspecified atom stereocenters. The molecule has 11 nitrogen and oxygen atoms in total. The van der Waals surface area contributed by atoms with Crippen LogP contribution in [-0.4, -0.2) is 99.0 Å². The van der Waals surface area contributed by atoms with Crippen LogP contribution in [0.2, 0.25) is 0 Å². The molecule has 11 heteroatoms. The molecule has 158 valence electrons. The molecule has 0 aromatic rings. The third-order valence-electron chi connectivity index (χ3n) is 5.33. The standard InChI is InChI=1S/C17H24O11/c1-17(24)9(19)3-6-7(14(23)25-2)5-26-15(10(6)17)28-16-13(22)12(21)11(20)8(4-18)27-16/h3,5,8-13,15-16,18-22,24H,4H2,1-2H3. The van der Waals surface area contributed by atoms with Crippen LogP contribution in [-0.2, 0) is 23.7 Å². The summed E-state index contributed by atoms with van der Waals surface area (Å²) in [5.74, 6) is -1.80. The summed E-state index contributed by atoms with van der Waals surface area (Å²) in [6.07, 6.45) is -7.99. The highest BCUT2D eigenvalue weighted by Crippen LogP contribution is 2.46. The van der Waals surface area contributed by atoms with Gasteiger partial charge in [0.2, 0.25) is 6.29 Å². The molecular weight excluding hydrogens is 380 g/mol. The fraction of sp³-hybridized carbons (Fsp3) is 0.706. The van der Waals surface area contributed by atoms with Gasteiger partial charge in [-0.05, 0) is 18.6 Å². The smallest absolute Gasteiger partial charge is 0.341 e. The van der Waals surface area contributed by atoms with Gasteiger partial charge in [0, 0.05) is 0 Å². The third-order valence-corrected chi connectivity index (χ3v) is 5.33. The number of aliphatic hydroxyl groups is 6. The van der Waals surface area contributed by atoms with Gasteiger partial charge in [-0.1, -0.05) is 0 Å². The van der Waals surface area contributed by atoms with Gasteiger partial charge in [-0.15, -0.1) is 0 Å². The van der Waals surface area contributed by atoms with Crippen molar-refractivity contribution in [2.45, 2.75) is 55.6 Å². The molecule has 0 aromatic carbocycles. The van der Waals surface area contributed by atoms with Crippen LogP contribution in [0.3, 0.4) is 0 Å². The molecule has 1 saturated heterocycles. The van der Waals surface area contributed by atoms with E-state index in [2.05, 4.69) is 4.74 Å². The van der Waals surface area contributed by atoms with Gasteiger partial charge in [0.25, 0.3) is 0 Å². The van der Waals surface area contributed by atoms with E-state index in [1.54, 1.807) is 0 Å². The van der Waals surface area contributed by atoms with Crippen molar-refractivity contribution in [2.75, 3.05) is 13.7 Å². The highest BCUT2D eigenvalue weighted by atomic mass is 16.8. The predicted octanol–water partition coefficient (Wildman–Crippen LogP) is -3.12. The number of aliphatic hydroxyl groups excluding tert-OH is 5. The minimum absolute atomic E-state index is 0.0158. The van der Waals surface area contributed by atoms with E-state index in [1.807, 2.05) is 0 Å². The zero-order valence-electron chi connectivity index (χ0n) is 15.2. The van der Waals surface area contributed by atoms with Gasteiger partial charge in [0.1, 0.15) is 42.4 Å². The first kappa shape index (κ1) is 21.1. The van der Waals surface area contributed by atoms with Gasteiger partial charge in [-0.25, -0.2) is 4.79 Å². The lowest BCUT2D eigenvalue weighted by Crippen LogP contribution is -2.60. The molecule has 3 rings (SSSR count). The topological polar surface area (TPSA) is 175 Å². The van der Waals surface area contributed by atoms with Crippen LogP contribution in [0, 0.1) is 5.92 Å². The molecular formula is C17H24O11. The van der Waals surface area contributed by atoms with Gasteiger partial charge in [0.05, 0.1) is 25.2 Å². The second-order valence-electron chi connectivity index (χ2n) is 7.13. The molecule has 0 radical (unpaired) electrons. The second-order valence-corrected chi connectivity index (χ2v) is 7.13. The minimum atomic E-state index is -1.79. The van der Waals surface area contributed by atoms with Gasteiger partial charge in [-0.2, -0.15) is 0 Å². The SMILES string of the molecule is COC(=O)C1=COC(OC2OC(CO)C(O)C(O)C2O)C2C1=CC(O)C2(C)O. The monoisotopic (exact) mass is 404 g/mol. The summed E-state index contributed by atoms with van der Waals surface area (Å²) in [4.78, 5) is 12.0. The Bertz CT molecular complexity index is 670. The van der Waals surface area contributed by atoms with Crippen molar-refractivity contribution in [3.63, 3.8) is 0 Å². The Morgan fingerprint density at radius 1 is 1.18 bits per heavy atom. The molecule has 1 aliphatic carbocycles. The number of fused-ring (bicyclic) bond motifs is 1. The molecule has 2 heterocycles.